The number of aliphatic carboxylic acids is 1. The molecule has 108 valence electrons. The number of hydrogen-bond donors (Lipinski definition) is 2. The fraction of sp³-hybridized carbons (Fsp3) is 0.750. The molecule has 0 saturated heterocycles. The molecule has 0 aromatic heterocycles. The van der Waals surface area contributed by atoms with Crippen molar-refractivity contribution < 1.29 is 14.7 Å². The summed E-state index contributed by atoms with van der Waals surface area (Å²) in [7, 11) is 0. The lowest BCUT2D eigenvalue weighted by molar-refractivity contribution is -0.139. The van der Waals surface area contributed by atoms with E-state index in [1.54, 1.807) is 0 Å². The third kappa shape index (κ3) is 6.91. The quantitative estimate of drug-likeness (QED) is 0.706. The molecule has 19 heavy (non-hydrogen) atoms. The van der Waals surface area contributed by atoms with Gasteiger partial charge in [-0.2, -0.15) is 17.0 Å². The average Bonchev–Trinajstić information content (AvgIpc) is 2.34. The summed E-state index contributed by atoms with van der Waals surface area (Å²) in [6.45, 7) is 3.96. The van der Waals surface area contributed by atoms with Crippen LogP contribution in [-0.4, -0.2) is 52.6 Å². The van der Waals surface area contributed by atoms with Crippen LogP contribution in [0.15, 0.2) is 0 Å². The summed E-state index contributed by atoms with van der Waals surface area (Å²) in [6, 6.07) is 0.579. The second kappa shape index (κ2) is 9.50. The number of carbonyl (C=O) groups excluding carboxylic acids is 1. The van der Waals surface area contributed by atoms with Crippen molar-refractivity contribution in [3.05, 3.63) is 0 Å². The highest BCUT2D eigenvalue weighted by Gasteiger charge is 2.23. The summed E-state index contributed by atoms with van der Waals surface area (Å²) >= 11 is 1.53. The van der Waals surface area contributed by atoms with Crippen LogP contribution in [0.1, 0.15) is 26.7 Å². The van der Waals surface area contributed by atoms with E-state index in [-0.39, 0.29) is 12.5 Å². The summed E-state index contributed by atoms with van der Waals surface area (Å²) in [5.74, 6) is -0.372. The number of carboxylic acids is 1. The highest BCUT2D eigenvalue weighted by Crippen LogP contribution is 2.05. The van der Waals surface area contributed by atoms with Crippen LogP contribution in [0, 0.1) is 11.3 Å². The second-order valence-corrected chi connectivity index (χ2v) is 5.30. The van der Waals surface area contributed by atoms with E-state index in [4.69, 9.17) is 10.4 Å². The summed E-state index contributed by atoms with van der Waals surface area (Å²) in [5, 5.41) is 20.1. The SMILES string of the molecule is CSCC[C@H](NC(=O)N(CCC#N)C(C)C)C(=O)O. The zero-order valence-corrected chi connectivity index (χ0v) is 12.4. The molecule has 0 aliphatic carbocycles. The van der Waals surface area contributed by atoms with Crippen LogP contribution in [-0.2, 0) is 4.79 Å². The van der Waals surface area contributed by atoms with Crippen LogP contribution in [0.3, 0.4) is 0 Å². The number of nitrogens with zero attached hydrogens (tertiary/aromatic N) is 2. The van der Waals surface area contributed by atoms with Crippen LogP contribution in [0.4, 0.5) is 4.79 Å². The van der Waals surface area contributed by atoms with Gasteiger partial charge in [-0.05, 0) is 32.3 Å². The van der Waals surface area contributed by atoms with E-state index in [0.717, 1.165) is 0 Å². The van der Waals surface area contributed by atoms with E-state index in [0.29, 0.717) is 18.7 Å². The van der Waals surface area contributed by atoms with Gasteiger partial charge in [0.05, 0.1) is 12.5 Å². The third-order valence-electron chi connectivity index (χ3n) is 2.56. The van der Waals surface area contributed by atoms with E-state index in [2.05, 4.69) is 5.32 Å². The van der Waals surface area contributed by atoms with Crippen molar-refractivity contribution in [2.75, 3.05) is 18.6 Å². The van der Waals surface area contributed by atoms with Gasteiger partial charge < -0.3 is 15.3 Å². The molecule has 0 fully saturated rings. The number of carbonyl (C=O) groups is 2. The largest absolute Gasteiger partial charge is 0.480 e. The fourth-order valence-corrected chi connectivity index (χ4v) is 1.96. The van der Waals surface area contributed by atoms with Gasteiger partial charge in [-0.3, -0.25) is 0 Å². The van der Waals surface area contributed by atoms with Gasteiger partial charge in [0, 0.05) is 12.6 Å². The minimum absolute atomic E-state index is 0.0802. The monoisotopic (exact) mass is 287 g/mol. The molecule has 2 amide bonds. The van der Waals surface area contributed by atoms with Crippen molar-refractivity contribution in [1.82, 2.24) is 10.2 Å². The van der Waals surface area contributed by atoms with Gasteiger partial charge in [0.2, 0.25) is 0 Å². The highest BCUT2D eigenvalue weighted by atomic mass is 32.2. The van der Waals surface area contributed by atoms with Crippen molar-refractivity contribution >= 4 is 23.8 Å². The minimum Gasteiger partial charge on any atom is -0.480 e. The third-order valence-corrected chi connectivity index (χ3v) is 3.20. The Balaban J connectivity index is 4.57. The van der Waals surface area contributed by atoms with Crippen LogP contribution in [0.25, 0.3) is 0 Å². The molecule has 0 aromatic carbocycles. The lowest BCUT2D eigenvalue weighted by Gasteiger charge is -2.27. The molecule has 6 nitrogen and oxygen atoms in total. The molecule has 0 saturated carbocycles. The summed E-state index contributed by atoms with van der Waals surface area (Å²) in [4.78, 5) is 24.5. The molecule has 0 aromatic rings. The Morgan fingerprint density at radius 1 is 1.47 bits per heavy atom. The molecule has 0 bridgehead atoms. The smallest absolute Gasteiger partial charge is 0.326 e. The van der Waals surface area contributed by atoms with E-state index >= 15 is 0 Å². The Morgan fingerprint density at radius 2 is 2.11 bits per heavy atom. The van der Waals surface area contributed by atoms with Crippen molar-refractivity contribution in [3.63, 3.8) is 0 Å². The maximum Gasteiger partial charge on any atom is 0.326 e. The van der Waals surface area contributed by atoms with Crippen molar-refractivity contribution in [1.29, 1.82) is 5.26 Å². The number of amides is 2. The Bertz CT molecular complexity index is 342. The molecule has 7 heteroatoms. The van der Waals surface area contributed by atoms with Crippen molar-refractivity contribution in [3.8, 4) is 6.07 Å². The average molecular weight is 287 g/mol. The fourth-order valence-electron chi connectivity index (χ4n) is 1.49. The molecular formula is C12H21N3O3S. The van der Waals surface area contributed by atoms with E-state index in [1.807, 2.05) is 26.2 Å². The molecule has 0 radical (unpaired) electrons. The minimum atomic E-state index is -1.04. The Hall–Kier alpha value is -1.42. The Labute approximate surface area is 118 Å². The molecule has 0 unspecified atom stereocenters. The van der Waals surface area contributed by atoms with E-state index in [9.17, 15) is 9.59 Å². The summed E-state index contributed by atoms with van der Waals surface area (Å²) in [6.07, 6.45) is 2.49. The predicted octanol–water partition coefficient (Wildman–Crippen LogP) is 1.53. The Morgan fingerprint density at radius 3 is 2.53 bits per heavy atom. The summed E-state index contributed by atoms with van der Waals surface area (Å²) in [5.41, 5.74) is 0. The molecule has 2 N–H and O–H groups in total. The number of rotatable bonds is 8. The van der Waals surface area contributed by atoms with E-state index < -0.39 is 18.0 Å². The number of urea groups is 1. The Kier molecular flexibility index (Phi) is 8.79. The lowest BCUT2D eigenvalue weighted by atomic mass is 10.2. The summed E-state index contributed by atoms with van der Waals surface area (Å²) < 4.78 is 0. The second-order valence-electron chi connectivity index (χ2n) is 4.32. The maximum absolute atomic E-state index is 12.0. The van der Waals surface area contributed by atoms with Gasteiger partial charge in [0.1, 0.15) is 6.04 Å². The molecule has 0 aliphatic rings. The van der Waals surface area contributed by atoms with Gasteiger partial charge in [-0.1, -0.05) is 0 Å². The molecule has 0 aliphatic heterocycles. The standard InChI is InChI=1S/C12H21N3O3S/c1-9(2)15(7-4-6-13)12(18)14-10(11(16)17)5-8-19-3/h9-10H,4-5,7-8H2,1-3H3,(H,14,18)(H,16,17)/t10-/m0/s1. The number of carboxylic acid groups (broad SMARTS) is 1. The van der Waals surface area contributed by atoms with Gasteiger partial charge in [0.15, 0.2) is 0 Å². The zero-order valence-electron chi connectivity index (χ0n) is 11.5. The van der Waals surface area contributed by atoms with Gasteiger partial charge >= 0.3 is 12.0 Å². The topological polar surface area (TPSA) is 93.4 Å². The van der Waals surface area contributed by atoms with Crippen LogP contribution < -0.4 is 5.32 Å². The molecule has 0 rings (SSSR count). The highest BCUT2D eigenvalue weighted by molar-refractivity contribution is 7.98. The number of nitrogens with one attached hydrogen (secondary N) is 1. The molecule has 1 atom stereocenters. The first kappa shape index (κ1) is 17.6. The maximum atomic E-state index is 12.0. The molecule has 0 spiro atoms. The zero-order chi connectivity index (χ0) is 14.8. The van der Waals surface area contributed by atoms with Crippen LogP contribution in [0.5, 0.6) is 0 Å². The van der Waals surface area contributed by atoms with Crippen molar-refractivity contribution in [2.45, 2.75) is 38.8 Å². The van der Waals surface area contributed by atoms with Gasteiger partial charge in [0.25, 0.3) is 0 Å². The molecule has 0 heterocycles. The number of thioether (sulfide) groups is 1. The van der Waals surface area contributed by atoms with Crippen LogP contribution in [0.2, 0.25) is 0 Å². The normalized spacial score (nSPS) is 11.7. The molecular weight excluding hydrogens is 266 g/mol. The first-order valence-electron chi connectivity index (χ1n) is 6.09. The first-order valence-corrected chi connectivity index (χ1v) is 7.49. The number of hydrogen-bond acceptors (Lipinski definition) is 4. The van der Waals surface area contributed by atoms with E-state index in [1.165, 1.54) is 16.7 Å². The van der Waals surface area contributed by atoms with Crippen molar-refractivity contribution in [2.24, 2.45) is 0 Å². The lowest BCUT2D eigenvalue weighted by Crippen LogP contribution is -2.50. The number of nitriles is 1. The van der Waals surface area contributed by atoms with Crippen LogP contribution >= 0.6 is 11.8 Å². The first-order chi connectivity index (χ1) is 8.93. The van der Waals surface area contributed by atoms with Gasteiger partial charge in [-0.25, -0.2) is 9.59 Å². The van der Waals surface area contributed by atoms with Gasteiger partial charge in [-0.15, -0.1) is 0 Å². The predicted molar refractivity (Wildman–Crippen MR) is 75.0 cm³/mol.